The molecule has 0 fully saturated rings. The van der Waals surface area contributed by atoms with Crippen LogP contribution in [-0.4, -0.2) is 38.3 Å². The van der Waals surface area contributed by atoms with Crippen molar-refractivity contribution in [3.8, 4) is 11.5 Å². The van der Waals surface area contributed by atoms with Gasteiger partial charge in [-0.1, -0.05) is 24.3 Å². The Balaban J connectivity index is 0.00000320. The number of benzene rings is 2. The molecule has 7 heteroatoms. The first kappa shape index (κ1) is 23.9. The number of aromatic amines is 1. The highest BCUT2D eigenvalue weighted by molar-refractivity contribution is 14.0. The van der Waals surface area contributed by atoms with E-state index in [-0.39, 0.29) is 24.0 Å². The maximum atomic E-state index is 5.65. The van der Waals surface area contributed by atoms with Gasteiger partial charge in [0.25, 0.3) is 0 Å². The number of nitrogens with zero attached hydrogens (tertiary/aromatic N) is 1. The number of aromatic nitrogens is 1. The number of H-pyrrole nitrogens is 1. The minimum atomic E-state index is 0. The van der Waals surface area contributed by atoms with Crippen molar-refractivity contribution in [1.29, 1.82) is 0 Å². The molecule has 6 nitrogen and oxygen atoms in total. The van der Waals surface area contributed by atoms with E-state index < -0.39 is 0 Å². The standard InChI is InChI=1S/C23H30N4O2.HI/c1-4-29-22-14-17(11-12-21(22)28-3)8-7-13-25-23(24-2)26-16-19-15-18-9-5-6-10-20(18)27-19;/h5-6,9-12,14-15,27H,4,7-8,13,16H2,1-3H3,(H2,24,25,26);1H. The van der Waals surface area contributed by atoms with Gasteiger partial charge in [-0.2, -0.15) is 0 Å². The Bertz CT molecular complexity index is 922. The van der Waals surface area contributed by atoms with Crippen LogP contribution in [0.3, 0.4) is 0 Å². The van der Waals surface area contributed by atoms with E-state index in [0.717, 1.165) is 48.1 Å². The fraction of sp³-hybridized carbons (Fsp3) is 0.348. The summed E-state index contributed by atoms with van der Waals surface area (Å²) >= 11 is 0. The van der Waals surface area contributed by atoms with Crippen molar-refractivity contribution in [3.05, 3.63) is 59.8 Å². The Morgan fingerprint density at radius 3 is 2.63 bits per heavy atom. The Kier molecular flexibility index (Phi) is 9.79. The number of guanidine groups is 1. The number of para-hydroxylation sites is 1. The van der Waals surface area contributed by atoms with E-state index in [1.54, 1.807) is 14.2 Å². The lowest BCUT2D eigenvalue weighted by atomic mass is 10.1. The molecule has 0 aliphatic heterocycles. The van der Waals surface area contributed by atoms with Gasteiger partial charge in [-0.15, -0.1) is 24.0 Å². The second-order valence-corrected chi connectivity index (χ2v) is 6.76. The fourth-order valence-electron chi connectivity index (χ4n) is 3.27. The molecule has 0 spiro atoms. The van der Waals surface area contributed by atoms with E-state index in [1.807, 2.05) is 25.1 Å². The van der Waals surface area contributed by atoms with Crippen molar-refractivity contribution in [2.24, 2.45) is 4.99 Å². The molecule has 0 saturated carbocycles. The van der Waals surface area contributed by atoms with Gasteiger partial charge < -0.3 is 25.1 Å². The molecule has 0 atom stereocenters. The van der Waals surface area contributed by atoms with E-state index in [2.05, 4.69) is 50.9 Å². The second-order valence-electron chi connectivity index (χ2n) is 6.76. The molecule has 0 radical (unpaired) electrons. The minimum absolute atomic E-state index is 0. The molecule has 3 aromatic rings. The lowest BCUT2D eigenvalue weighted by Gasteiger charge is -2.13. The van der Waals surface area contributed by atoms with Gasteiger partial charge in [-0.3, -0.25) is 4.99 Å². The number of fused-ring (bicyclic) bond motifs is 1. The highest BCUT2D eigenvalue weighted by Crippen LogP contribution is 2.28. The SMILES string of the molecule is CCOc1cc(CCCNC(=NC)NCc2cc3ccccc3[nH]2)ccc1OC.I. The van der Waals surface area contributed by atoms with Crippen LogP contribution in [0.1, 0.15) is 24.6 Å². The van der Waals surface area contributed by atoms with Crippen LogP contribution in [0.25, 0.3) is 10.9 Å². The molecule has 0 unspecified atom stereocenters. The molecular formula is C23H31IN4O2. The van der Waals surface area contributed by atoms with Gasteiger partial charge >= 0.3 is 0 Å². The van der Waals surface area contributed by atoms with Gasteiger partial charge in [0.15, 0.2) is 17.5 Å². The van der Waals surface area contributed by atoms with Crippen molar-refractivity contribution >= 4 is 40.8 Å². The predicted molar refractivity (Wildman–Crippen MR) is 134 cm³/mol. The number of methoxy groups -OCH3 is 1. The molecule has 0 bridgehead atoms. The summed E-state index contributed by atoms with van der Waals surface area (Å²) < 4.78 is 11.0. The van der Waals surface area contributed by atoms with Gasteiger partial charge in [-0.05, 0) is 55.0 Å². The highest BCUT2D eigenvalue weighted by atomic mass is 127. The van der Waals surface area contributed by atoms with E-state index in [1.165, 1.54) is 10.9 Å². The largest absolute Gasteiger partial charge is 0.493 e. The number of hydrogen-bond acceptors (Lipinski definition) is 3. The van der Waals surface area contributed by atoms with Crippen LogP contribution in [0, 0.1) is 0 Å². The average molecular weight is 522 g/mol. The molecule has 162 valence electrons. The summed E-state index contributed by atoms with van der Waals surface area (Å²) in [5, 5.41) is 7.95. The molecule has 30 heavy (non-hydrogen) atoms. The maximum absolute atomic E-state index is 5.65. The third-order valence-electron chi connectivity index (χ3n) is 4.72. The Morgan fingerprint density at radius 2 is 1.90 bits per heavy atom. The molecule has 1 heterocycles. The van der Waals surface area contributed by atoms with Crippen LogP contribution >= 0.6 is 24.0 Å². The second kappa shape index (κ2) is 12.3. The van der Waals surface area contributed by atoms with Crippen LogP contribution < -0.4 is 20.1 Å². The summed E-state index contributed by atoms with van der Waals surface area (Å²) in [5.41, 5.74) is 3.52. The summed E-state index contributed by atoms with van der Waals surface area (Å²) in [7, 11) is 3.45. The Labute approximate surface area is 195 Å². The van der Waals surface area contributed by atoms with Crippen molar-refractivity contribution in [1.82, 2.24) is 15.6 Å². The first-order chi connectivity index (χ1) is 14.2. The summed E-state index contributed by atoms with van der Waals surface area (Å²) in [6.45, 7) is 4.14. The lowest BCUT2D eigenvalue weighted by Crippen LogP contribution is -2.37. The number of aryl methyl sites for hydroxylation is 1. The van der Waals surface area contributed by atoms with Gasteiger partial charge in [0.05, 0.1) is 20.3 Å². The normalized spacial score (nSPS) is 11.1. The van der Waals surface area contributed by atoms with Crippen LogP contribution in [0.15, 0.2) is 53.5 Å². The van der Waals surface area contributed by atoms with E-state index in [4.69, 9.17) is 9.47 Å². The summed E-state index contributed by atoms with van der Waals surface area (Å²) in [6, 6.07) is 16.6. The van der Waals surface area contributed by atoms with Gasteiger partial charge in [0.1, 0.15) is 0 Å². The monoisotopic (exact) mass is 522 g/mol. The first-order valence-corrected chi connectivity index (χ1v) is 10.0. The quantitative estimate of drug-likeness (QED) is 0.168. The number of hydrogen-bond donors (Lipinski definition) is 3. The number of halogens is 1. The zero-order chi connectivity index (χ0) is 20.5. The number of aliphatic imine (C=N–C) groups is 1. The predicted octanol–water partition coefficient (Wildman–Crippen LogP) is 4.49. The average Bonchev–Trinajstić information content (AvgIpc) is 3.16. The minimum Gasteiger partial charge on any atom is -0.493 e. The first-order valence-electron chi connectivity index (χ1n) is 10.0. The molecule has 3 N–H and O–H groups in total. The summed E-state index contributed by atoms with van der Waals surface area (Å²) in [6.07, 6.45) is 1.95. The van der Waals surface area contributed by atoms with Crippen LogP contribution in [-0.2, 0) is 13.0 Å². The molecule has 3 rings (SSSR count). The molecule has 1 aromatic heterocycles. The number of nitrogens with one attached hydrogen (secondary N) is 3. The molecule has 0 aliphatic rings. The van der Waals surface area contributed by atoms with Crippen LogP contribution in [0.4, 0.5) is 0 Å². The maximum Gasteiger partial charge on any atom is 0.191 e. The Hall–Kier alpha value is -2.42. The van der Waals surface area contributed by atoms with Crippen molar-refractivity contribution < 1.29 is 9.47 Å². The van der Waals surface area contributed by atoms with Gasteiger partial charge in [-0.25, -0.2) is 0 Å². The summed E-state index contributed by atoms with van der Waals surface area (Å²) in [4.78, 5) is 7.73. The number of ether oxygens (including phenoxy) is 2. The molecular weight excluding hydrogens is 491 g/mol. The molecule has 2 aromatic carbocycles. The Morgan fingerprint density at radius 1 is 1.07 bits per heavy atom. The number of rotatable bonds is 9. The van der Waals surface area contributed by atoms with E-state index in [9.17, 15) is 0 Å². The molecule has 0 saturated heterocycles. The third kappa shape index (κ3) is 6.55. The summed E-state index contributed by atoms with van der Waals surface area (Å²) in [5.74, 6) is 2.37. The van der Waals surface area contributed by atoms with Crippen molar-refractivity contribution in [2.45, 2.75) is 26.3 Å². The van der Waals surface area contributed by atoms with Crippen LogP contribution in [0.5, 0.6) is 11.5 Å². The van der Waals surface area contributed by atoms with E-state index in [0.29, 0.717) is 13.2 Å². The smallest absolute Gasteiger partial charge is 0.191 e. The van der Waals surface area contributed by atoms with Gasteiger partial charge in [0, 0.05) is 24.8 Å². The van der Waals surface area contributed by atoms with Crippen LogP contribution in [0.2, 0.25) is 0 Å². The molecule has 0 aliphatic carbocycles. The third-order valence-corrected chi connectivity index (χ3v) is 4.72. The highest BCUT2D eigenvalue weighted by Gasteiger charge is 2.06. The molecule has 0 amide bonds. The lowest BCUT2D eigenvalue weighted by molar-refractivity contribution is 0.310. The zero-order valence-corrected chi connectivity index (χ0v) is 20.2. The zero-order valence-electron chi connectivity index (χ0n) is 17.8. The fourth-order valence-corrected chi connectivity index (χ4v) is 3.27. The van der Waals surface area contributed by atoms with E-state index >= 15 is 0 Å². The van der Waals surface area contributed by atoms with Crippen molar-refractivity contribution in [2.75, 3.05) is 27.3 Å². The van der Waals surface area contributed by atoms with Gasteiger partial charge in [0.2, 0.25) is 0 Å². The van der Waals surface area contributed by atoms with Crippen molar-refractivity contribution in [3.63, 3.8) is 0 Å². The topological polar surface area (TPSA) is 70.7 Å².